The SMILES string of the molecule is COc1ccc(OC)c(S(=O)(=O)N2CCN(c3ccc(F)cc3F)CC2)c1. The van der Waals surface area contributed by atoms with Crippen LogP contribution < -0.4 is 14.4 Å². The van der Waals surface area contributed by atoms with Crippen molar-refractivity contribution in [3.05, 3.63) is 48.0 Å². The topological polar surface area (TPSA) is 59.1 Å². The maximum atomic E-state index is 14.0. The minimum absolute atomic E-state index is 0.0192. The van der Waals surface area contributed by atoms with Crippen molar-refractivity contribution in [1.29, 1.82) is 0 Å². The monoisotopic (exact) mass is 398 g/mol. The van der Waals surface area contributed by atoms with Crippen LogP contribution in [0, 0.1) is 11.6 Å². The molecule has 0 bridgehead atoms. The molecule has 2 aromatic rings. The summed E-state index contributed by atoms with van der Waals surface area (Å²) in [5, 5.41) is 0. The maximum Gasteiger partial charge on any atom is 0.247 e. The minimum Gasteiger partial charge on any atom is -0.497 e. The van der Waals surface area contributed by atoms with Crippen LogP contribution in [0.1, 0.15) is 0 Å². The fourth-order valence-corrected chi connectivity index (χ4v) is 4.62. The van der Waals surface area contributed by atoms with E-state index in [9.17, 15) is 17.2 Å². The van der Waals surface area contributed by atoms with Crippen LogP contribution in [0.4, 0.5) is 14.5 Å². The molecule has 0 radical (unpaired) electrons. The first-order chi connectivity index (χ1) is 12.9. The summed E-state index contributed by atoms with van der Waals surface area (Å²) < 4.78 is 64.8. The predicted molar refractivity (Wildman–Crippen MR) is 96.9 cm³/mol. The van der Waals surface area contributed by atoms with Crippen LogP contribution in [0.3, 0.4) is 0 Å². The lowest BCUT2D eigenvalue weighted by molar-refractivity contribution is 0.370. The molecule has 27 heavy (non-hydrogen) atoms. The Kier molecular flexibility index (Phi) is 5.52. The summed E-state index contributed by atoms with van der Waals surface area (Å²) in [5.74, 6) is -0.687. The largest absolute Gasteiger partial charge is 0.497 e. The number of anilines is 1. The van der Waals surface area contributed by atoms with Gasteiger partial charge in [-0.25, -0.2) is 17.2 Å². The van der Waals surface area contributed by atoms with Gasteiger partial charge in [0, 0.05) is 38.3 Å². The summed E-state index contributed by atoms with van der Waals surface area (Å²) >= 11 is 0. The lowest BCUT2D eigenvalue weighted by Gasteiger charge is -2.35. The van der Waals surface area contributed by atoms with Crippen molar-refractivity contribution in [3.8, 4) is 11.5 Å². The van der Waals surface area contributed by atoms with Gasteiger partial charge in [-0.1, -0.05) is 0 Å². The van der Waals surface area contributed by atoms with Crippen LogP contribution in [0.5, 0.6) is 11.5 Å². The van der Waals surface area contributed by atoms with Crippen LogP contribution in [-0.4, -0.2) is 53.1 Å². The van der Waals surface area contributed by atoms with Crippen molar-refractivity contribution in [2.45, 2.75) is 4.90 Å². The first-order valence-electron chi connectivity index (χ1n) is 8.29. The van der Waals surface area contributed by atoms with E-state index >= 15 is 0 Å². The van der Waals surface area contributed by atoms with Crippen molar-refractivity contribution in [1.82, 2.24) is 4.31 Å². The van der Waals surface area contributed by atoms with Crippen molar-refractivity contribution in [2.75, 3.05) is 45.3 Å². The van der Waals surface area contributed by atoms with Crippen LogP contribution in [0.15, 0.2) is 41.3 Å². The van der Waals surface area contributed by atoms with E-state index in [1.165, 1.54) is 42.8 Å². The molecule has 0 aromatic heterocycles. The first kappa shape index (κ1) is 19.4. The van der Waals surface area contributed by atoms with Crippen molar-refractivity contribution < 1.29 is 26.7 Å². The molecule has 0 aliphatic carbocycles. The van der Waals surface area contributed by atoms with Gasteiger partial charge in [-0.05, 0) is 24.3 Å². The molecule has 1 aliphatic heterocycles. The summed E-state index contributed by atoms with van der Waals surface area (Å²) in [4.78, 5) is 1.72. The molecule has 1 heterocycles. The summed E-state index contributed by atoms with van der Waals surface area (Å²) in [6, 6.07) is 7.94. The highest BCUT2D eigenvalue weighted by Crippen LogP contribution is 2.31. The number of halogens is 2. The fraction of sp³-hybridized carbons (Fsp3) is 0.333. The van der Waals surface area contributed by atoms with Crippen LogP contribution in [0.25, 0.3) is 0 Å². The third-order valence-corrected chi connectivity index (χ3v) is 6.40. The van der Waals surface area contributed by atoms with Gasteiger partial charge in [-0.2, -0.15) is 4.31 Å². The molecule has 0 unspecified atom stereocenters. The Morgan fingerprint density at radius 3 is 2.22 bits per heavy atom. The third kappa shape index (κ3) is 3.84. The Bertz CT molecular complexity index is 929. The number of rotatable bonds is 5. The number of nitrogens with zero attached hydrogens (tertiary/aromatic N) is 2. The Labute approximate surface area is 157 Å². The second-order valence-electron chi connectivity index (χ2n) is 6.00. The smallest absolute Gasteiger partial charge is 0.247 e. The van der Waals surface area contributed by atoms with E-state index in [2.05, 4.69) is 0 Å². The van der Waals surface area contributed by atoms with Gasteiger partial charge >= 0.3 is 0 Å². The summed E-state index contributed by atoms with van der Waals surface area (Å²) in [6.07, 6.45) is 0. The molecule has 3 rings (SSSR count). The Morgan fingerprint density at radius 2 is 1.63 bits per heavy atom. The van der Waals surface area contributed by atoms with E-state index in [-0.39, 0.29) is 42.5 Å². The van der Waals surface area contributed by atoms with E-state index in [1.54, 1.807) is 11.0 Å². The molecule has 2 aromatic carbocycles. The lowest BCUT2D eigenvalue weighted by atomic mass is 10.2. The van der Waals surface area contributed by atoms with E-state index in [0.717, 1.165) is 6.07 Å². The second kappa shape index (κ2) is 7.69. The van der Waals surface area contributed by atoms with Gasteiger partial charge in [0.15, 0.2) is 0 Å². The van der Waals surface area contributed by atoms with Crippen LogP contribution >= 0.6 is 0 Å². The zero-order valence-electron chi connectivity index (χ0n) is 15.0. The predicted octanol–water partition coefficient (Wildman–Crippen LogP) is 2.49. The molecule has 0 atom stereocenters. The van der Waals surface area contributed by atoms with E-state index in [0.29, 0.717) is 5.75 Å². The highest BCUT2D eigenvalue weighted by molar-refractivity contribution is 7.89. The van der Waals surface area contributed by atoms with Gasteiger partial charge in [0.05, 0.1) is 19.9 Å². The molecular weight excluding hydrogens is 378 g/mol. The van der Waals surface area contributed by atoms with E-state index in [4.69, 9.17) is 9.47 Å². The normalized spacial score (nSPS) is 15.6. The third-order valence-electron chi connectivity index (χ3n) is 4.48. The van der Waals surface area contributed by atoms with Crippen molar-refractivity contribution >= 4 is 15.7 Å². The number of hydrogen-bond donors (Lipinski definition) is 0. The molecule has 1 fully saturated rings. The quantitative estimate of drug-likeness (QED) is 0.775. The molecule has 6 nitrogen and oxygen atoms in total. The van der Waals surface area contributed by atoms with Gasteiger partial charge in [0.1, 0.15) is 28.0 Å². The van der Waals surface area contributed by atoms with E-state index in [1.807, 2.05) is 0 Å². The fourth-order valence-electron chi connectivity index (χ4n) is 3.03. The Morgan fingerprint density at radius 1 is 0.926 bits per heavy atom. The zero-order valence-corrected chi connectivity index (χ0v) is 15.8. The van der Waals surface area contributed by atoms with Crippen molar-refractivity contribution in [3.63, 3.8) is 0 Å². The van der Waals surface area contributed by atoms with Crippen molar-refractivity contribution in [2.24, 2.45) is 0 Å². The summed E-state index contributed by atoms with van der Waals surface area (Å²) in [7, 11) is -0.960. The van der Waals surface area contributed by atoms with Gasteiger partial charge < -0.3 is 14.4 Å². The van der Waals surface area contributed by atoms with Crippen LogP contribution in [0.2, 0.25) is 0 Å². The molecule has 0 spiro atoms. The summed E-state index contributed by atoms with van der Waals surface area (Å²) in [6.45, 7) is 0.904. The average molecular weight is 398 g/mol. The molecule has 1 aliphatic rings. The number of benzene rings is 2. The Balaban J connectivity index is 1.81. The van der Waals surface area contributed by atoms with Gasteiger partial charge in [0.25, 0.3) is 0 Å². The number of ether oxygens (including phenoxy) is 2. The Hall–Kier alpha value is -2.39. The molecule has 146 valence electrons. The molecule has 1 saturated heterocycles. The highest BCUT2D eigenvalue weighted by Gasteiger charge is 2.32. The molecule has 0 saturated carbocycles. The average Bonchev–Trinajstić information content (AvgIpc) is 2.67. The minimum atomic E-state index is -3.81. The zero-order chi connectivity index (χ0) is 19.6. The number of sulfonamides is 1. The standard InChI is InChI=1S/C18H20F2N2O4S/c1-25-14-4-6-17(26-2)18(12-14)27(23,24)22-9-7-21(8-10-22)16-5-3-13(19)11-15(16)20/h3-6,11-12H,7-10H2,1-2H3. The number of piperazine rings is 1. The summed E-state index contributed by atoms with van der Waals surface area (Å²) in [5.41, 5.74) is 0.257. The van der Waals surface area contributed by atoms with Gasteiger partial charge in [-0.15, -0.1) is 0 Å². The second-order valence-corrected chi connectivity index (χ2v) is 7.91. The van der Waals surface area contributed by atoms with Gasteiger partial charge in [0.2, 0.25) is 10.0 Å². The van der Waals surface area contributed by atoms with Crippen LogP contribution in [-0.2, 0) is 10.0 Å². The first-order valence-corrected chi connectivity index (χ1v) is 9.73. The molecule has 0 amide bonds. The number of methoxy groups -OCH3 is 2. The number of hydrogen-bond acceptors (Lipinski definition) is 5. The lowest BCUT2D eigenvalue weighted by Crippen LogP contribution is -2.49. The van der Waals surface area contributed by atoms with E-state index < -0.39 is 21.7 Å². The highest BCUT2D eigenvalue weighted by atomic mass is 32.2. The molecule has 9 heteroatoms. The molecule has 0 N–H and O–H groups in total. The maximum absolute atomic E-state index is 14.0. The van der Waals surface area contributed by atoms with Gasteiger partial charge in [-0.3, -0.25) is 0 Å². The molecular formula is C18H20F2N2O4S.